The third-order valence-electron chi connectivity index (χ3n) is 2.83. The number of aliphatic hydroxyl groups excluding tert-OH is 1. The number of hydrogen-bond donors (Lipinski definition) is 2. The highest BCUT2D eigenvalue weighted by Crippen LogP contribution is 2.26. The zero-order chi connectivity index (χ0) is 13.8. The van der Waals surface area contributed by atoms with Crippen molar-refractivity contribution in [2.45, 2.75) is 25.2 Å². The third-order valence-corrected chi connectivity index (χ3v) is 2.83. The second-order valence-corrected chi connectivity index (χ2v) is 4.08. The van der Waals surface area contributed by atoms with Crippen molar-refractivity contribution >= 4 is 0 Å². The standard InChI is InChI=1S/C11H13N3O5/c12-3-4-18-8-5-14(11(17)13-10(8)16)9-2-1-7(6-15)19-9/h5,7,9,15H,1-2,4,6H2,(H,13,16,17)/t7-,9+/m0/s1. The zero-order valence-electron chi connectivity index (χ0n) is 10.0. The summed E-state index contributed by atoms with van der Waals surface area (Å²) in [6.07, 6.45) is 1.54. The van der Waals surface area contributed by atoms with Crippen molar-refractivity contribution in [3.8, 4) is 11.8 Å². The molecule has 0 radical (unpaired) electrons. The molecule has 1 saturated heterocycles. The maximum Gasteiger partial charge on any atom is 0.330 e. The van der Waals surface area contributed by atoms with E-state index in [1.54, 1.807) is 6.07 Å². The van der Waals surface area contributed by atoms with E-state index in [4.69, 9.17) is 19.8 Å². The molecule has 2 rings (SSSR count). The Morgan fingerprint density at radius 1 is 1.58 bits per heavy atom. The third kappa shape index (κ3) is 2.83. The molecule has 2 heterocycles. The molecule has 2 N–H and O–H groups in total. The number of hydrogen-bond acceptors (Lipinski definition) is 6. The largest absolute Gasteiger partial charge is 0.471 e. The first kappa shape index (κ1) is 13.3. The van der Waals surface area contributed by atoms with Gasteiger partial charge in [0.25, 0.3) is 5.56 Å². The van der Waals surface area contributed by atoms with Crippen LogP contribution in [0.1, 0.15) is 19.1 Å². The molecule has 0 unspecified atom stereocenters. The Hall–Kier alpha value is -2.11. The summed E-state index contributed by atoms with van der Waals surface area (Å²) < 4.78 is 11.6. The summed E-state index contributed by atoms with van der Waals surface area (Å²) in [5, 5.41) is 17.4. The van der Waals surface area contributed by atoms with Crippen LogP contribution in [0.15, 0.2) is 15.8 Å². The minimum absolute atomic E-state index is 0.114. The van der Waals surface area contributed by atoms with Crippen LogP contribution in [0.3, 0.4) is 0 Å². The first-order valence-electron chi connectivity index (χ1n) is 5.77. The summed E-state index contributed by atoms with van der Waals surface area (Å²) >= 11 is 0. The number of H-pyrrole nitrogens is 1. The molecule has 1 aromatic heterocycles. The molecule has 0 aromatic carbocycles. The van der Waals surface area contributed by atoms with Crippen molar-refractivity contribution in [2.75, 3.05) is 13.2 Å². The smallest absolute Gasteiger partial charge is 0.330 e. The van der Waals surface area contributed by atoms with Gasteiger partial charge in [0.1, 0.15) is 12.3 Å². The fraction of sp³-hybridized carbons (Fsp3) is 0.545. The van der Waals surface area contributed by atoms with E-state index < -0.39 is 17.5 Å². The number of rotatable bonds is 4. The van der Waals surface area contributed by atoms with E-state index in [2.05, 4.69) is 4.98 Å². The van der Waals surface area contributed by atoms with Gasteiger partial charge in [0.05, 0.1) is 18.9 Å². The second-order valence-electron chi connectivity index (χ2n) is 4.08. The van der Waals surface area contributed by atoms with Gasteiger partial charge in [-0.1, -0.05) is 0 Å². The first-order chi connectivity index (χ1) is 9.15. The van der Waals surface area contributed by atoms with Gasteiger partial charge >= 0.3 is 5.69 Å². The molecule has 0 spiro atoms. The van der Waals surface area contributed by atoms with Crippen LogP contribution in [0.5, 0.6) is 5.75 Å². The molecule has 102 valence electrons. The highest BCUT2D eigenvalue weighted by molar-refractivity contribution is 5.13. The quantitative estimate of drug-likeness (QED) is 0.730. The molecule has 8 heteroatoms. The predicted octanol–water partition coefficient (Wildman–Crippen LogP) is -0.891. The molecule has 1 fully saturated rings. The summed E-state index contributed by atoms with van der Waals surface area (Å²) in [7, 11) is 0. The second kappa shape index (κ2) is 5.69. The van der Waals surface area contributed by atoms with Crippen molar-refractivity contribution in [3.05, 3.63) is 27.0 Å². The highest BCUT2D eigenvalue weighted by atomic mass is 16.5. The number of aromatic nitrogens is 2. The van der Waals surface area contributed by atoms with Crippen LogP contribution in [0.25, 0.3) is 0 Å². The number of aliphatic hydroxyl groups is 1. The number of aromatic amines is 1. The molecule has 1 aromatic rings. The summed E-state index contributed by atoms with van der Waals surface area (Å²) in [4.78, 5) is 25.2. The zero-order valence-corrected chi connectivity index (χ0v) is 10.0. The molecule has 1 aliphatic rings. The van der Waals surface area contributed by atoms with Gasteiger partial charge in [0.2, 0.25) is 5.75 Å². The van der Waals surface area contributed by atoms with Crippen LogP contribution >= 0.6 is 0 Å². The Kier molecular flexibility index (Phi) is 3.99. The number of nitrogens with one attached hydrogen (secondary N) is 1. The molecule has 19 heavy (non-hydrogen) atoms. The van der Waals surface area contributed by atoms with E-state index in [1.807, 2.05) is 0 Å². The lowest BCUT2D eigenvalue weighted by Crippen LogP contribution is -2.33. The Morgan fingerprint density at radius 2 is 2.37 bits per heavy atom. The van der Waals surface area contributed by atoms with E-state index in [9.17, 15) is 9.59 Å². The van der Waals surface area contributed by atoms with Crippen molar-refractivity contribution in [3.63, 3.8) is 0 Å². The van der Waals surface area contributed by atoms with Crippen molar-refractivity contribution in [1.82, 2.24) is 9.55 Å². The van der Waals surface area contributed by atoms with Crippen molar-refractivity contribution < 1.29 is 14.6 Å². The van der Waals surface area contributed by atoms with E-state index in [0.29, 0.717) is 12.8 Å². The minimum atomic E-state index is -0.687. The van der Waals surface area contributed by atoms with Crippen molar-refractivity contribution in [1.29, 1.82) is 5.26 Å². The SMILES string of the molecule is N#CCOc1cn([C@H]2CC[C@@H](CO)O2)c(=O)[nH]c1=O. The number of ether oxygens (including phenoxy) is 2. The van der Waals surface area contributed by atoms with E-state index in [1.165, 1.54) is 10.8 Å². The monoisotopic (exact) mass is 267 g/mol. The molecule has 0 saturated carbocycles. The lowest BCUT2D eigenvalue weighted by Gasteiger charge is -2.15. The van der Waals surface area contributed by atoms with Gasteiger partial charge in [-0.3, -0.25) is 14.3 Å². The fourth-order valence-corrected chi connectivity index (χ4v) is 1.92. The van der Waals surface area contributed by atoms with Crippen LogP contribution in [0.4, 0.5) is 0 Å². The van der Waals surface area contributed by atoms with Gasteiger partial charge in [0.15, 0.2) is 6.61 Å². The fourth-order valence-electron chi connectivity index (χ4n) is 1.92. The van der Waals surface area contributed by atoms with Gasteiger partial charge in [-0.25, -0.2) is 4.79 Å². The summed E-state index contributed by atoms with van der Waals surface area (Å²) in [5.41, 5.74) is -1.30. The van der Waals surface area contributed by atoms with E-state index in [0.717, 1.165) is 0 Å². The average molecular weight is 267 g/mol. The molecule has 0 aliphatic carbocycles. The first-order valence-corrected chi connectivity index (χ1v) is 5.77. The molecule has 8 nitrogen and oxygen atoms in total. The lowest BCUT2D eigenvalue weighted by molar-refractivity contribution is -0.0249. The van der Waals surface area contributed by atoms with Crippen LogP contribution in [0.2, 0.25) is 0 Å². The van der Waals surface area contributed by atoms with Gasteiger partial charge < -0.3 is 14.6 Å². The Balaban J connectivity index is 2.28. The summed E-state index contributed by atoms with van der Waals surface area (Å²) in [6.45, 7) is -0.404. The Labute approximate surface area is 107 Å². The minimum Gasteiger partial charge on any atom is -0.471 e. The van der Waals surface area contributed by atoms with Gasteiger partial charge in [-0.2, -0.15) is 5.26 Å². The summed E-state index contributed by atoms with van der Waals surface area (Å²) in [5.74, 6) is -0.114. The lowest BCUT2D eigenvalue weighted by atomic mass is 10.2. The Bertz CT molecular complexity index is 600. The summed E-state index contributed by atoms with van der Waals surface area (Å²) in [6, 6.07) is 1.74. The molecular formula is C11H13N3O5. The highest BCUT2D eigenvalue weighted by Gasteiger charge is 2.27. The molecule has 2 atom stereocenters. The predicted molar refractivity (Wildman–Crippen MR) is 62.7 cm³/mol. The number of nitrogens with zero attached hydrogens (tertiary/aromatic N) is 2. The van der Waals surface area contributed by atoms with Crippen LogP contribution in [0, 0.1) is 11.3 Å². The topological polar surface area (TPSA) is 117 Å². The molecular weight excluding hydrogens is 254 g/mol. The van der Waals surface area contributed by atoms with Gasteiger partial charge in [-0.15, -0.1) is 0 Å². The maximum atomic E-state index is 11.7. The Morgan fingerprint density at radius 3 is 3.00 bits per heavy atom. The number of nitriles is 1. The normalized spacial score (nSPS) is 22.1. The van der Waals surface area contributed by atoms with Crippen LogP contribution < -0.4 is 16.0 Å². The van der Waals surface area contributed by atoms with Gasteiger partial charge in [-0.05, 0) is 12.8 Å². The van der Waals surface area contributed by atoms with Gasteiger partial charge in [0, 0.05) is 0 Å². The van der Waals surface area contributed by atoms with E-state index in [-0.39, 0.29) is 25.1 Å². The van der Waals surface area contributed by atoms with Crippen LogP contribution in [-0.2, 0) is 4.74 Å². The average Bonchev–Trinajstić information content (AvgIpc) is 2.86. The molecule has 0 amide bonds. The van der Waals surface area contributed by atoms with Crippen LogP contribution in [-0.4, -0.2) is 34.0 Å². The van der Waals surface area contributed by atoms with Crippen molar-refractivity contribution in [2.24, 2.45) is 0 Å². The molecule has 0 bridgehead atoms. The van der Waals surface area contributed by atoms with E-state index >= 15 is 0 Å². The molecule has 1 aliphatic heterocycles. The maximum absolute atomic E-state index is 11.7.